The summed E-state index contributed by atoms with van der Waals surface area (Å²) in [6.45, 7) is 1.67. The fourth-order valence-corrected chi connectivity index (χ4v) is 1.57. The number of pyridine rings is 1. The standard InChI is InChI=1S/C13H13FN4O/c1-7-2-3-8(4-10(7)14)18-12-5-9(13(16)19)11(15)6-17-12/h2-6H,15H2,1H3,(H2,16,19)(H,17,18). The van der Waals surface area contributed by atoms with Crippen LogP contribution in [0.4, 0.5) is 21.6 Å². The number of carbonyl (C=O) groups is 1. The Kier molecular flexibility index (Phi) is 3.33. The molecule has 2 rings (SSSR count). The Morgan fingerprint density at radius 1 is 1.37 bits per heavy atom. The third-order valence-corrected chi connectivity index (χ3v) is 2.64. The summed E-state index contributed by atoms with van der Waals surface area (Å²) >= 11 is 0. The van der Waals surface area contributed by atoms with E-state index in [0.717, 1.165) is 0 Å². The van der Waals surface area contributed by atoms with Crippen molar-refractivity contribution in [1.82, 2.24) is 4.98 Å². The number of carbonyl (C=O) groups excluding carboxylic acids is 1. The molecular weight excluding hydrogens is 247 g/mol. The van der Waals surface area contributed by atoms with E-state index >= 15 is 0 Å². The van der Waals surface area contributed by atoms with Crippen LogP contribution in [0.3, 0.4) is 0 Å². The second kappa shape index (κ2) is 4.93. The molecule has 0 radical (unpaired) electrons. The lowest BCUT2D eigenvalue weighted by atomic mass is 10.2. The van der Waals surface area contributed by atoms with Gasteiger partial charge in [0.15, 0.2) is 0 Å². The molecule has 1 aromatic heterocycles. The number of anilines is 3. The van der Waals surface area contributed by atoms with E-state index < -0.39 is 5.91 Å². The third kappa shape index (κ3) is 2.79. The Labute approximate surface area is 109 Å². The molecule has 0 bridgehead atoms. The highest BCUT2D eigenvalue weighted by Crippen LogP contribution is 2.20. The number of benzene rings is 1. The number of amides is 1. The summed E-state index contributed by atoms with van der Waals surface area (Å²) in [7, 11) is 0. The lowest BCUT2D eigenvalue weighted by Gasteiger charge is -2.08. The number of hydrogen-bond acceptors (Lipinski definition) is 4. The van der Waals surface area contributed by atoms with Gasteiger partial charge in [-0.25, -0.2) is 9.37 Å². The van der Waals surface area contributed by atoms with Crippen molar-refractivity contribution >= 4 is 23.1 Å². The van der Waals surface area contributed by atoms with Crippen molar-refractivity contribution in [2.24, 2.45) is 5.73 Å². The van der Waals surface area contributed by atoms with Crippen LogP contribution in [0.5, 0.6) is 0 Å². The lowest BCUT2D eigenvalue weighted by molar-refractivity contribution is 0.100. The Hall–Kier alpha value is -2.63. The number of primary amides is 1. The van der Waals surface area contributed by atoms with Gasteiger partial charge in [0, 0.05) is 5.69 Å². The van der Waals surface area contributed by atoms with Gasteiger partial charge in [-0.15, -0.1) is 0 Å². The van der Waals surface area contributed by atoms with Gasteiger partial charge in [0.1, 0.15) is 11.6 Å². The van der Waals surface area contributed by atoms with Crippen LogP contribution in [0.2, 0.25) is 0 Å². The molecule has 0 unspecified atom stereocenters. The van der Waals surface area contributed by atoms with E-state index in [-0.39, 0.29) is 17.1 Å². The summed E-state index contributed by atoms with van der Waals surface area (Å²) in [5.41, 5.74) is 12.2. The van der Waals surface area contributed by atoms with Gasteiger partial charge in [-0.2, -0.15) is 0 Å². The first-order valence-electron chi connectivity index (χ1n) is 5.56. The van der Waals surface area contributed by atoms with Crippen molar-refractivity contribution in [3.05, 3.63) is 47.4 Å². The van der Waals surface area contributed by atoms with Crippen LogP contribution < -0.4 is 16.8 Å². The van der Waals surface area contributed by atoms with Crippen LogP contribution in [0.25, 0.3) is 0 Å². The summed E-state index contributed by atoms with van der Waals surface area (Å²) in [6, 6.07) is 6.12. The molecule has 5 N–H and O–H groups in total. The van der Waals surface area contributed by atoms with E-state index in [2.05, 4.69) is 10.3 Å². The predicted molar refractivity (Wildman–Crippen MR) is 71.6 cm³/mol. The first-order chi connectivity index (χ1) is 8.97. The number of halogens is 1. The minimum atomic E-state index is -0.641. The largest absolute Gasteiger partial charge is 0.397 e. The summed E-state index contributed by atoms with van der Waals surface area (Å²) in [4.78, 5) is 15.2. The minimum Gasteiger partial charge on any atom is -0.397 e. The molecule has 1 aromatic carbocycles. The average Bonchev–Trinajstić information content (AvgIpc) is 2.36. The molecule has 1 heterocycles. The molecule has 0 spiro atoms. The van der Waals surface area contributed by atoms with Gasteiger partial charge in [0.2, 0.25) is 0 Å². The van der Waals surface area contributed by atoms with Crippen molar-refractivity contribution < 1.29 is 9.18 Å². The van der Waals surface area contributed by atoms with Gasteiger partial charge >= 0.3 is 0 Å². The SMILES string of the molecule is Cc1ccc(Nc2cc(C(N)=O)c(N)cn2)cc1F. The minimum absolute atomic E-state index is 0.171. The Morgan fingerprint density at radius 3 is 2.74 bits per heavy atom. The summed E-state index contributed by atoms with van der Waals surface area (Å²) < 4.78 is 13.4. The smallest absolute Gasteiger partial charge is 0.250 e. The summed E-state index contributed by atoms with van der Waals surface area (Å²) in [5, 5.41) is 2.88. The zero-order chi connectivity index (χ0) is 14.0. The summed E-state index contributed by atoms with van der Waals surface area (Å²) in [6.07, 6.45) is 1.33. The molecule has 0 aliphatic heterocycles. The number of nitrogens with zero attached hydrogens (tertiary/aromatic N) is 1. The van der Waals surface area contributed by atoms with Gasteiger partial charge in [-0.3, -0.25) is 4.79 Å². The normalized spacial score (nSPS) is 10.2. The molecular formula is C13H13FN4O. The van der Waals surface area contributed by atoms with Crippen LogP contribution in [-0.2, 0) is 0 Å². The molecule has 0 atom stereocenters. The molecule has 19 heavy (non-hydrogen) atoms. The maximum Gasteiger partial charge on any atom is 0.250 e. The van der Waals surface area contributed by atoms with E-state index in [9.17, 15) is 9.18 Å². The van der Waals surface area contributed by atoms with E-state index in [1.54, 1.807) is 19.1 Å². The van der Waals surface area contributed by atoms with E-state index in [0.29, 0.717) is 17.1 Å². The lowest BCUT2D eigenvalue weighted by Crippen LogP contribution is -2.14. The molecule has 0 aliphatic carbocycles. The van der Waals surface area contributed by atoms with Crippen LogP contribution >= 0.6 is 0 Å². The van der Waals surface area contributed by atoms with Gasteiger partial charge in [0.25, 0.3) is 5.91 Å². The number of rotatable bonds is 3. The van der Waals surface area contributed by atoms with Crippen LogP contribution in [0, 0.1) is 12.7 Å². The topological polar surface area (TPSA) is 94.0 Å². The van der Waals surface area contributed by atoms with Crippen LogP contribution in [0.15, 0.2) is 30.5 Å². The van der Waals surface area contributed by atoms with Crippen molar-refractivity contribution in [3.63, 3.8) is 0 Å². The van der Waals surface area contributed by atoms with Gasteiger partial charge in [-0.1, -0.05) is 6.07 Å². The van der Waals surface area contributed by atoms with Crippen LogP contribution in [0.1, 0.15) is 15.9 Å². The number of hydrogen-bond donors (Lipinski definition) is 3. The van der Waals surface area contributed by atoms with Gasteiger partial charge < -0.3 is 16.8 Å². The number of aromatic nitrogens is 1. The van der Waals surface area contributed by atoms with Gasteiger partial charge in [0.05, 0.1) is 17.4 Å². The zero-order valence-electron chi connectivity index (χ0n) is 10.3. The molecule has 98 valence electrons. The van der Waals surface area contributed by atoms with E-state index in [1.165, 1.54) is 18.3 Å². The summed E-state index contributed by atoms with van der Waals surface area (Å²) in [5.74, 6) is -0.597. The van der Waals surface area contributed by atoms with Crippen molar-refractivity contribution in [1.29, 1.82) is 0 Å². The predicted octanol–water partition coefficient (Wildman–Crippen LogP) is 1.95. The quantitative estimate of drug-likeness (QED) is 0.786. The van der Waals surface area contributed by atoms with Crippen molar-refractivity contribution in [3.8, 4) is 0 Å². The molecule has 5 nitrogen and oxygen atoms in total. The first kappa shape index (κ1) is 12.8. The molecule has 0 fully saturated rings. The van der Waals surface area contributed by atoms with Gasteiger partial charge in [-0.05, 0) is 30.7 Å². The molecule has 0 saturated carbocycles. The average molecular weight is 260 g/mol. The number of aryl methyl sites for hydroxylation is 1. The fourth-order valence-electron chi connectivity index (χ4n) is 1.57. The number of nitrogens with one attached hydrogen (secondary N) is 1. The highest BCUT2D eigenvalue weighted by molar-refractivity contribution is 5.98. The Bertz CT molecular complexity index is 643. The molecule has 6 heteroatoms. The number of nitrogens with two attached hydrogens (primary N) is 2. The highest BCUT2D eigenvalue weighted by Gasteiger charge is 2.08. The molecule has 0 saturated heterocycles. The number of nitrogen functional groups attached to an aromatic ring is 1. The maximum atomic E-state index is 13.4. The molecule has 0 aliphatic rings. The van der Waals surface area contributed by atoms with Crippen molar-refractivity contribution in [2.75, 3.05) is 11.1 Å². The molecule has 1 amide bonds. The highest BCUT2D eigenvalue weighted by atomic mass is 19.1. The monoisotopic (exact) mass is 260 g/mol. The Morgan fingerprint density at radius 2 is 2.11 bits per heavy atom. The maximum absolute atomic E-state index is 13.4. The fraction of sp³-hybridized carbons (Fsp3) is 0.0769. The molecule has 2 aromatic rings. The van der Waals surface area contributed by atoms with Crippen LogP contribution in [-0.4, -0.2) is 10.9 Å². The second-order valence-corrected chi connectivity index (χ2v) is 4.11. The first-order valence-corrected chi connectivity index (χ1v) is 5.56. The third-order valence-electron chi connectivity index (χ3n) is 2.64. The second-order valence-electron chi connectivity index (χ2n) is 4.11. The van der Waals surface area contributed by atoms with Crippen molar-refractivity contribution in [2.45, 2.75) is 6.92 Å². The van der Waals surface area contributed by atoms with E-state index in [4.69, 9.17) is 11.5 Å². The van der Waals surface area contributed by atoms with E-state index in [1.807, 2.05) is 0 Å². The Balaban J connectivity index is 2.30. The zero-order valence-corrected chi connectivity index (χ0v) is 10.3.